The lowest BCUT2D eigenvalue weighted by Gasteiger charge is -2.37. The summed E-state index contributed by atoms with van der Waals surface area (Å²) in [5.41, 5.74) is 0.707. The van der Waals surface area contributed by atoms with E-state index in [0.29, 0.717) is 24.1 Å². The Kier molecular flexibility index (Phi) is 6.49. The smallest absolute Gasteiger partial charge is 0.337 e. The normalized spacial score (nSPS) is 32.1. The Morgan fingerprint density at radius 2 is 1.58 bits per heavy atom. The number of fused-ring (bicyclic) bond motifs is 3. The predicted octanol–water partition coefficient (Wildman–Crippen LogP) is 2.39. The molecule has 0 bridgehead atoms. The van der Waals surface area contributed by atoms with Crippen molar-refractivity contribution < 1.29 is 41.6 Å². The molecule has 1 N–H and O–H groups in total. The van der Waals surface area contributed by atoms with Gasteiger partial charge >= 0.3 is 5.97 Å². The van der Waals surface area contributed by atoms with Crippen LogP contribution in [0.5, 0.6) is 0 Å². The molecule has 0 saturated carbocycles. The molecule has 0 aliphatic carbocycles. The maximum Gasteiger partial charge on any atom is 0.337 e. The van der Waals surface area contributed by atoms with Gasteiger partial charge in [-0.2, -0.15) is 0 Å². The molecule has 0 amide bonds. The molecule has 1 aromatic rings. The lowest BCUT2D eigenvalue weighted by Crippen LogP contribution is -2.55. The summed E-state index contributed by atoms with van der Waals surface area (Å²) in [5, 5.41) is 0. The Hall–Kier alpha value is -1.76. The van der Waals surface area contributed by atoms with Crippen molar-refractivity contribution in [2.75, 3.05) is 17.6 Å². The first-order chi connectivity index (χ1) is 15.4. The van der Waals surface area contributed by atoms with E-state index in [9.17, 15) is 13.2 Å². The molecule has 33 heavy (non-hydrogen) atoms. The van der Waals surface area contributed by atoms with E-state index in [2.05, 4.69) is 9.46 Å². The standard InChI is InChI=1S/C22H31NO9S/c1-21(2)29-16-15(28-20-18(17(16)30-21)31-22(3,4)32-20)7-6-12-33(25,26)23-14-10-8-13(9-11-14)19(24)27-5/h8-11,15-18,20,23H,6-7,12H2,1-5H3/t15-,16+,17+,18-,20-/m1/s1. The molecule has 4 rings (SSSR count). The van der Waals surface area contributed by atoms with Crippen molar-refractivity contribution in [3.63, 3.8) is 0 Å². The second-order valence-corrected chi connectivity index (χ2v) is 11.2. The molecular formula is C22H31NO9S. The SMILES string of the molecule is COC(=O)c1ccc(NS(=O)(=O)CCC[C@H]2O[C@@H]3OC(C)(C)O[C@@H]3[C@H]3OC(C)(C)O[C@H]32)cc1. The third-order valence-electron chi connectivity index (χ3n) is 5.73. The van der Waals surface area contributed by atoms with E-state index in [4.69, 9.17) is 23.7 Å². The highest BCUT2D eigenvalue weighted by Crippen LogP contribution is 2.44. The third-order valence-corrected chi connectivity index (χ3v) is 7.10. The first-order valence-corrected chi connectivity index (χ1v) is 12.6. The average Bonchev–Trinajstić information content (AvgIpc) is 3.21. The van der Waals surface area contributed by atoms with E-state index in [1.807, 2.05) is 27.7 Å². The summed E-state index contributed by atoms with van der Waals surface area (Å²) < 4.78 is 62.4. The van der Waals surface area contributed by atoms with Gasteiger partial charge in [0.15, 0.2) is 17.9 Å². The molecule has 0 unspecified atom stereocenters. The number of ether oxygens (including phenoxy) is 6. The number of methoxy groups -OCH3 is 1. The molecule has 3 aliphatic rings. The summed E-state index contributed by atoms with van der Waals surface area (Å²) in [5.74, 6) is -2.20. The number of nitrogens with one attached hydrogen (secondary N) is 1. The van der Waals surface area contributed by atoms with Gasteiger partial charge in [-0.05, 0) is 64.8 Å². The zero-order valence-electron chi connectivity index (χ0n) is 19.4. The molecule has 1 aromatic carbocycles. The summed E-state index contributed by atoms with van der Waals surface area (Å²) in [4.78, 5) is 11.5. The Balaban J connectivity index is 1.35. The molecule has 3 heterocycles. The fraction of sp³-hybridized carbons (Fsp3) is 0.682. The number of carbonyl (C=O) groups excluding carboxylic acids is 1. The number of carbonyl (C=O) groups is 1. The predicted molar refractivity (Wildman–Crippen MR) is 117 cm³/mol. The largest absolute Gasteiger partial charge is 0.465 e. The highest BCUT2D eigenvalue weighted by Gasteiger charge is 2.60. The van der Waals surface area contributed by atoms with Gasteiger partial charge in [-0.3, -0.25) is 4.72 Å². The second-order valence-electron chi connectivity index (χ2n) is 9.34. The van der Waals surface area contributed by atoms with Crippen LogP contribution in [0, 0.1) is 0 Å². The van der Waals surface area contributed by atoms with E-state index in [-0.39, 0.29) is 18.0 Å². The van der Waals surface area contributed by atoms with Crippen LogP contribution in [-0.4, -0.2) is 69.5 Å². The second kappa shape index (κ2) is 8.79. The van der Waals surface area contributed by atoms with E-state index in [1.165, 1.54) is 31.4 Å². The lowest BCUT2D eigenvalue weighted by molar-refractivity contribution is -0.234. The van der Waals surface area contributed by atoms with Crippen molar-refractivity contribution >= 4 is 21.7 Å². The van der Waals surface area contributed by atoms with Gasteiger partial charge in [-0.1, -0.05) is 0 Å². The molecule has 3 saturated heterocycles. The van der Waals surface area contributed by atoms with Crippen LogP contribution in [0.4, 0.5) is 5.69 Å². The van der Waals surface area contributed by atoms with Crippen LogP contribution in [0.3, 0.4) is 0 Å². The summed E-state index contributed by atoms with van der Waals surface area (Å²) in [6.45, 7) is 7.29. The molecule has 0 radical (unpaired) electrons. The van der Waals surface area contributed by atoms with Gasteiger partial charge in [0.05, 0.1) is 24.5 Å². The molecule has 3 aliphatic heterocycles. The maximum atomic E-state index is 12.6. The molecular weight excluding hydrogens is 454 g/mol. The van der Waals surface area contributed by atoms with Gasteiger partial charge < -0.3 is 28.4 Å². The Labute approximate surface area is 193 Å². The molecule has 0 aromatic heterocycles. The first kappa shape index (κ1) is 24.4. The topological polar surface area (TPSA) is 119 Å². The number of hydrogen-bond acceptors (Lipinski definition) is 9. The average molecular weight is 486 g/mol. The van der Waals surface area contributed by atoms with Crippen LogP contribution in [0.1, 0.15) is 50.9 Å². The molecule has 11 heteroatoms. The Morgan fingerprint density at radius 1 is 0.970 bits per heavy atom. The first-order valence-electron chi connectivity index (χ1n) is 10.9. The third kappa shape index (κ3) is 5.50. The van der Waals surface area contributed by atoms with Crippen molar-refractivity contribution in [3.05, 3.63) is 29.8 Å². The van der Waals surface area contributed by atoms with Crippen molar-refractivity contribution in [2.24, 2.45) is 0 Å². The van der Waals surface area contributed by atoms with Gasteiger partial charge in [0.1, 0.15) is 18.3 Å². The fourth-order valence-electron chi connectivity index (χ4n) is 4.42. The summed E-state index contributed by atoms with van der Waals surface area (Å²) in [7, 11) is -2.32. The van der Waals surface area contributed by atoms with Crippen molar-refractivity contribution in [3.8, 4) is 0 Å². The van der Waals surface area contributed by atoms with E-state index in [1.54, 1.807) is 0 Å². The minimum atomic E-state index is -3.60. The summed E-state index contributed by atoms with van der Waals surface area (Å²) in [6.07, 6.45) is -1.39. The van der Waals surface area contributed by atoms with Crippen LogP contribution < -0.4 is 4.72 Å². The number of benzene rings is 1. The minimum absolute atomic E-state index is 0.107. The minimum Gasteiger partial charge on any atom is -0.465 e. The van der Waals surface area contributed by atoms with Crippen LogP contribution in [0.2, 0.25) is 0 Å². The lowest BCUT2D eigenvalue weighted by atomic mass is 9.96. The highest BCUT2D eigenvalue weighted by atomic mass is 32.2. The number of sulfonamides is 1. The number of hydrogen-bond donors (Lipinski definition) is 1. The van der Waals surface area contributed by atoms with Gasteiger partial charge in [0, 0.05) is 5.69 Å². The number of anilines is 1. The van der Waals surface area contributed by atoms with Crippen molar-refractivity contribution in [1.29, 1.82) is 0 Å². The molecule has 10 nitrogen and oxygen atoms in total. The number of rotatable bonds is 7. The zero-order valence-corrected chi connectivity index (χ0v) is 20.2. The van der Waals surface area contributed by atoms with Crippen molar-refractivity contribution in [1.82, 2.24) is 0 Å². The van der Waals surface area contributed by atoms with Crippen LogP contribution in [0.15, 0.2) is 24.3 Å². The highest BCUT2D eigenvalue weighted by molar-refractivity contribution is 7.92. The van der Waals surface area contributed by atoms with Crippen molar-refractivity contribution in [2.45, 2.75) is 82.8 Å². The quantitative estimate of drug-likeness (QED) is 0.581. The maximum absolute atomic E-state index is 12.6. The van der Waals surface area contributed by atoms with Crippen LogP contribution in [0.25, 0.3) is 0 Å². The van der Waals surface area contributed by atoms with Gasteiger partial charge in [-0.25, -0.2) is 13.2 Å². The Morgan fingerprint density at radius 3 is 2.24 bits per heavy atom. The number of esters is 1. The molecule has 184 valence electrons. The summed E-state index contributed by atoms with van der Waals surface area (Å²) in [6, 6.07) is 6.04. The molecule has 0 spiro atoms. The van der Waals surface area contributed by atoms with E-state index in [0.717, 1.165) is 0 Å². The monoisotopic (exact) mass is 485 g/mol. The van der Waals surface area contributed by atoms with Gasteiger partial charge in [-0.15, -0.1) is 0 Å². The fourth-order valence-corrected chi connectivity index (χ4v) is 5.57. The zero-order chi connectivity index (χ0) is 24.0. The summed E-state index contributed by atoms with van der Waals surface area (Å²) >= 11 is 0. The van der Waals surface area contributed by atoms with Gasteiger partial charge in [0.25, 0.3) is 0 Å². The molecule has 3 fully saturated rings. The van der Waals surface area contributed by atoms with Crippen LogP contribution in [-0.2, 0) is 38.4 Å². The van der Waals surface area contributed by atoms with E-state index < -0.39 is 46.1 Å². The Bertz CT molecular complexity index is 976. The van der Waals surface area contributed by atoms with Gasteiger partial charge in [0.2, 0.25) is 10.0 Å². The van der Waals surface area contributed by atoms with Crippen LogP contribution >= 0.6 is 0 Å². The van der Waals surface area contributed by atoms with E-state index >= 15 is 0 Å². The molecule has 5 atom stereocenters.